The molecule has 2 aromatic heterocycles. The van der Waals surface area contributed by atoms with Gasteiger partial charge in [0.1, 0.15) is 0 Å². The number of ether oxygens (including phenoxy) is 1. The van der Waals surface area contributed by atoms with Crippen molar-refractivity contribution in [3.05, 3.63) is 52.5 Å². The summed E-state index contributed by atoms with van der Waals surface area (Å²) >= 11 is 1.56. The van der Waals surface area contributed by atoms with Crippen molar-refractivity contribution in [2.75, 3.05) is 6.61 Å². The molecule has 0 bridgehead atoms. The molecular weight excluding hydrogens is 264 g/mol. The molecule has 5 nitrogen and oxygen atoms in total. The van der Waals surface area contributed by atoms with E-state index in [2.05, 4.69) is 10.3 Å². The summed E-state index contributed by atoms with van der Waals surface area (Å²) in [6.07, 6.45) is 2.95. The molecule has 0 saturated carbocycles. The first kappa shape index (κ1) is 13.2. The number of esters is 1. The van der Waals surface area contributed by atoms with Crippen molar-refractivity contribution in [3.8, 4) is 0 Å². The van der Waals surface area contributed by atoms with Gasteiger partial charge in [-0.05, 0) is 23.6 Å². The molecule has 0 atom stereocenters. The lowest BCUT2D eigenvalue weighted by Crippen LogP contribution is -2.28. The van der Waals surface area contributed by atoms with Gasteiger partial charge in [0.2, 0.25) is 0 Å². The molecular formula is C13H12N2O3S. The fraction of sp³-hybridized carbons (Fsp3) is 0.154. The second-order valence-corrected chi connectivity index (χ2v) is 4.71. The van der Waals surface area contributed by atoms with Crippen LogP contribution in [0.1, 0.15) is 15.2 Å². The highest BCUT2D eigenvalue weighted by molar-refractivity contribution is 7.09. The van der Waals surface area contributed by atoms with Crippen LogP contribution in [0.15, 0.2) is 42.0 Å². The van der Waals surface area contributed by atoms with Gasteiger partial charge in [0.25, 0.3) is 5.91 Å². The SMILES string of the molecule is O=C(COC(=O)c1cccnc1)NCc1cccs1. The van der Waals surface area contributed by atoms with E-state index in [1.165, 1.54) is 6.20 Å². The number of hydrogen-bond acceptors (Lipinski definition) is 5. The zero-order chi connectivity index (χ0) is 13.5. The summed E-state index contributed by atoms with van der Waals surface area (Å²) in [5.74, 6) is -0.884. The zero-order valence-electron chi connectivity index (χ0n) is 10.0. The number of nitrogens with one attached hydrogen (secondary N) is 1. The summed E-state index contributed by atoms with van der Waals surface area (Å²) in [5.41, 5.74) is 0.327. The smallest absolute Gasteiger partial charge is 0.340 e. The summed E-state index contributed by atoms with van der Waals surface area (Å²) < 4.78 is 4.87. The van der Waals surface area contributed by atoms with E-state index >= 15 is 0 Å². The quantitative estimate of drug-likeness (QED) is 0.843. The van der Waals surface area contributed by atoms with Gasteiger partial charge in [0.15, 0.2) is 6.61 Å². The molecule has 98 valence electrons. The molecule has 0 aliphatic rings. The number of aromatic nitrogens is 1. The number of pyridine rings is 1. The van der Waals surface area contributed by atoms with Crippen molar-refractivity contribution in [1.82, 2.24) is 10.3 Å². The molecule has 0 aliphatic heterocycles. The number of thiophene rings is 1. The van der Waals surface area contributed by atoms with E-state index in [0.717, 1.165) is 4.88 Å². The first-order valence-corrected chi connectivity index (χ1v) is 6.50. The Bertz CT molecular complexity index is 540. The van der Waals surface area contributed by atoms with Crippen LogP contribution in [0.2, 0.25) is 0 Å². The molecule has 2 heterocycles. The highest BCUT2D eigenvalue weighted by Gasteiger charge is 2.09. The molecule has 0 spiro atoms. The van der Waals surface area contributed by atoms with Crippen LogP contribution in [0.5, 0.6) is 0 Å². The van der Waals surface area contributed by atoms with E-state index in [-0.39, 0.29) is 12.5 Å². The van der Waals surface area contributed by atoms with Crippen molar-refractivity contribution in [3.63, 3.8) is 0 Å². The largest absolute Gasteiger partial charge is 0.452 e. The predicted octanol–water partition coefficient (Wildman–Crippen LogP) is 1.62. The Balaban J connectivity index is 1.73. The molecule has 2 rings (SSSR count). The summed E-state index contributed by atoms with van der Waals surface area (Å²) in [6, 6.07) is 7.05. The summed E-state index contributed by atoms with van der Waals surface area (Å²) in [6.45, 7) is 0.153. The van der Waals surface area contributed by atoms with Crippen molar-refractivity contribution in [2.24, 2.45) is 0 Å². The molecule has 1 N–H and O–H groups in total. The molecule has 1 amide bonds. The minimum absolute atomic E-state index is 0.293. The van der Waals surface area contributed by atoms with E-state index in [0.29, 0.717) is 12.1 Å². The van der Waals surface area contributed by atoms with Crippen LogP contribution in [-0.4, -0.2) is 23.5 Å². The van der Waals surface area contributed by atoms with Crippen LogP contribution in [0, 0.1) is 0 Å². The van der Waals surface area contributed by atoms with E-state index in [4.69, 9.17) is 4.74 Å². The maximum atomic E-state index is 11.5. The van der Waals surface area contributed by atoms with Gasteiger partial charge in [-0.1, -0.05) is 6.07 Å². The second-order valence-electron chi connectivity index (χ2n) is 3.67. The molecule has 19 heavy (non-hydrogen) atoms. The predicted molar refractivity (Wildman–Crippen MR) is 70.7 cm³/mol. The molecule has 0 aliphatic carbocycles. The molecule has 0 aromatic carbocycles. The summed E-state index contributed by atoms with van der Waals surface area (Å²) in [5, 5.41) is 4.60. The summed E-state index contributed by atoms with van der Waals surface area (Å²) in [7, 11) is 0. The Labute approximate surface area is 114 Å². The number of hydrogen-bond donors (Lipinski definition) is 1. The molecule has 0 unspecified atom stereocenters. The van der Waals surface area contributed by atoms with Crippen molar-refractivity contribution >= 4 is 23.2 Å². The maximum absolute atomic E-state index is 11.5. The topological polar surface area (TPSA) is 68.3 Å². The minimum Gasteiger partial charge on any atom is -0.452 e. The van der Waals surface area contributed by atoms with Crippen LogP contribution in [0.3, 0.4) is 0 Å². The lowest BCUT2D eigenvalue weighted by molar-refractivity contribution is -0.124. The Morgan fingerprint density at radius 1 is 1.32 bits per heavy atom. The van der Waals surface area contributed by atoms with Gasteiger partial charge in [0.05, 0.1) is 12.1 Å². The normalized spacial score (nSPS) is 9.89. The monoisotopic (exact) mass is 276 g/mol. The number of nitrogens with zero attached hydrogens (tertiary/aromatic N) is 1. The van der Waals surface area contributed by atoms with Gasteiger partial charge >= 0.3 is 5.97 Å². The Morgan fingerprint density at radius 3 is 2.89 bits per heavy atom. The average molecular weight is 276 g/mol. The average Bonchev–Trinajstić information content (AvgIpc) is 2.96. The third-order valence-corrected chi connectivity index (χ3v) is 3.15. The number of carbonyl (C=O) groups is 2. The molecule has 0 radical (unpaired) electrons. The second kappa shape index (κ2) is 6.65. The highest BCUT2D eigenvalue weighted by atomic mass is 32.1. The standard InChI is InChI=1S/C13H12N2O3S/c16-12(15-8-11-4-2-6-19-11)9-18-13(17)10-3-1-5-14-7-10/h1-7H,8-9H2,(H,15,16). The van der Waals surface area contributed by atoms with E-state index < -0.39 is 5.97 Å². The fourth-order valence-electron chi connectivity index (χ4n) is 1.35. The van der Waals surface area contributed by atoms with Crippen molar-refractivity contribution in [1.29, 1.82) is 0 Å². The van der Waals surface area contributed by atoms with E-state index in [1.54, 1.807) is 29.7 Å². The zero-order valence-corrected chi connectivity index (χ0v) is 10.9. The van der Waals surface area contributed by atoms with Crippen molar-refractivity contribution in [2.45, 2.75) is 6.54 Å². The van der Waals surface area contributed by atoms with Crippen LogP contribution in [0.4, 0.5) is 0 Å². The molecule has 2 aromatic rings. The maximum Gasteiger partial charge on any atom is 0.340 e. The third-order valence-electron chi connectivity index (χ3n) is 2.27. The van der Waals surface area contributed by atoms with Gasteiger partial charge in [-0.15, -0.1) is 11.3 Å². The lowest BCUT2D eigenvalue weighted by atomic mass is 10.3. The minimum atomic E-state index is -0.556. The Hall–Kier alpha value is -2.21. The van der Waals surface area contributed by atoms with E-state index in [9.17, 15) is 9.59 Å². The fourth-order valence-corrected chi connectivity index (χ4v) is 1.99. The van der Waals surface area contributed by atoms with Gasteiger partial charge < -0.3 is 10.1 Å². The van der Waals surface area contributed by atoms with Gasteiger partial charge in [-0.2, -0.15) is 0 Å². The Kier molecular flexibility index (Phi) is 4.63. The number of rotatable bonds is 5. The molecule has 6 heteroatoms. The lowest BCUT2D eigenvalue weighted by Gasteiger charge is -2.05. The van der Waals surface area contributed by atoms with Gasteiger partial charge in [-0.3, -0.25) is 9.78 Å². The third kappa shape index (κ3) is 4.18. The molecule has 0 fully saturated rings. The van der Waals surface area contributed by atoms with Crippen LogP contribution in [-0.2, 0) is 16.1 Å². The van der Waals surface area contributed by atoms with Gasteiger partial charge in [-0.25, -0.2) is 4.79 Å². The van der Waals surface area contributed by atoms with Crippen LogP contribution >= 0.6 is 11.3 Å². The van der Waals surface area contributed by atoms with Crippen LogP contribution in [0.25, 0.3) is 0 Å². The first-order chi connectivity index (χ1) is 9.25. The first-order valence-electron chi connectivity index (χ1n) is 5.62. The Morgan fingerprint density at radius 2 is 2.21 bits per heavy atom. The van der Waals surface area contributed by atoms with Crippen LogP contribution < -0.4 is 5.32 Å². The van der Waals surface area contributed by atoms with Gasteiger partial charge in [0, 0.05) is 17.3 Å². The highest BCUT2D eigenvalue weighted by Crippen LogP contribution is 2.07. The van der Waals surface area contributed by atoms with Crippen molar-refractivity contribution < 1.29 is 14.3 Å². The van der Waals surface area contributed by atoms with E-state index in [1.807, 2.05) is 17.5 Å². The summed E-state index contributed by atoms with van der Waals surface area (Å²) in [4.78, 5) is 27.9. The number of amides is 1. The number of carbonyl (C=O) groups excluding carboxylic acids is 2. The molecule has 0 saturated heterocycles.